The number of anilines is 2. The van der Waals surface area contributed by atoms with Gasteiger partial charge in [-0.2, -0.15) is 4.98 Å². The average molecular weight is 457 g/mol. The summed E-state index contributed by atoms with van der Waals surface area (Å²) in [5.74, 6) is 0.481. The average Bonchev–Trinajstić information content (AvgIpc) is 2.79. The first-order valence-corrected chi connectivity index (χ1v) is 11.3. The van der Waals surface area contributed by atoms with Gasteiger partial charge in [0.15, 0.2) is 0 Å². The maximum absolute atomic E-state index is 12.8. The van der Waals surface area contributed by atoms with Crippen molar-refractivity contribution in [2.45, 2.75) is 25.1 Å². The molecule has 33 heavy (non-hydrogen) atoms. The number of carbonyl (C=O) groups excluding carboxylic acids is 1. The number of rotatable bonds is 10. The highest BCUT2D eigenvalue weighted by Gasteiger charge is 2.22. The van der Waals surface area contributed by atoms with Crippen LogP contribution in [0.4, 0.5) is 11.8 Å². The van der Waals surface area contributed by atoms with Crippen molar-refractivity contribution in [2.75, 3.05) is 63.3 Å². The van der Waals surface area contributed by atoms with Gasteiger partial charge in [0.05, 0.1) is 32.0 Å². The molecule has 0 saturated carbocycles. The molecule has 0 radical (unpaired) electrons. The van der Waals surface area contributed by atoms with Crippen molar-refractivity contribution in [2.24, 2.45) is 0 Å². The summed E-state index contributed by atoms with van der Waals surface area (Å²) >= 11 is 0. The maximum atomic E-state index is 12.8. The van der Waals surface area contributed by atoms with Crippen LogP contribution in [0.2, 0.25) is 0 Å². The quantitative estimate of drug-likeness (QED) is 0.387. The van der Waals surface area contributed by atoms with Crippen LogP contribution in [0, 0.1) is 0 Å². The molecule has 0 unspecified atom stereocenters. The number of aromatic nitrogens is 2. The number of hydrogen-bond donors (Lipinski definition) is 4. The van der Waals surface area contributed by atoms with Gasteiger partial charge in [-0.05, 0) is 17.5 Å². The van der Waals surface area contributed by atoms with Gasteiger partial charge >= 0.3 is 0 Å². The second kappa shape index (κ2) is 10.9. The first kappa shape index (κ1) is 23.4. The Morgan fingerprint density at radius 1 is 1.30 bits per heavy atom. The van der Waals surface area contributed by atoms with Gasteiger partial charge < -0.3 is 30.5 Å². The summed E-state index contributed by atoms with van der Waals surface area (Å²) in [6, 6.07) is 10.1. The number of aliphatic hydroxyl groups is 2. The predicted octanol–water partition coefficient (Wildman–Crippen LogP) is -0.135. The van der Waals surface area contributed by atoms with Crippen molar-refractivity contribution in [3.63, 3.8) is 0 Å². The second-order valence-corrected chi connectivity index (χ2v) is 8.58. The Hall–Kier alpha value is -2.79. The topological polar surface area (TPSA) is 123 Å². The number of fused-ring (bicyclic) bond motifs is 1. The zero-order valence-electron chi connectivity index (χ0n) is 18.9. The first-order chi connectivity index (χ1) is 16.0. The summed E-state index contributed by atoms with van der Waals surface area (Å²) in [4.78, 5) is 25.5. The Balaban J connectivity index is 1.34. The number of benzene rings is 1. The number of hydrogen-bond acceptors (Lipinski definition) is 9. The molecule has 0 aliphatic carbocycles. The number of carbonyl (C=O) groups is 1. The molecule has 1 amide bonds. The summed E-state index contributed by atoms with van der Waals surface area (Å²) < 4.78 is 5.19. The van der Waals surface area contributed by atoms with Gasteiger partial charge in [-0.25, -0.2) is 4.98 Å². The number of β-amino-alcohol motifs (C(OH)–C–C–N with tert-alkyl or cyclic N) is 1. The van der Waals surface area contributed by atoms with Gasteiger partial charge in [0.25, 0.3) is 5.91 Å². The smallest absolute Gasteiger partial charge is 0.270 e. The highest BCUT2D eigenvalue weighted by atomic mass is 16.5. The highest BCUT2D eigenvalue weighted by Crippen LogP contribution is 2.19. The molecule has 1 fully saturated rings. The number of likely N-dealkylation sites (N-methyl/N-ethyl adjacent to an activating group) is 1. The van der Waals surface area contributed by atoms with Crippen molar-refractivity contribution >= 4 is 17.7 Å². The van der Waals surface area contributed by atoms with E-state index in [1.165, 1.54) is 11.1 Å². The Labute approximate surface area is 193 Å². The van der Waals surface area contributed by atoms with Crippen LogP contribution in [0.25, 0.3) is 0 Å². The summed E-state index contributed by atoms with van der Waals surface area (Å²) in [5, 5.41) is 25.8. The van der Waals surface area contributed by atoms with Crippen molar-refractivity contribution in [1.82, 2.24) is 20.2 Å². The lowest BCUT2D eigenvalue weighted by Gasteiger charge is -2.30. The molecule has 4 rings (SSSR count). The fraction of sp³-hybridized carbons (Fsp3) is 0.522. The Morgan fingerprint density at radius 2 is 2.09 bits per heavy atom. The predicted molar refractivity (Wildman–Crippen MR) is 124 cm³/mol. The molecule has 2 aliphatic heterocycles. The first-order valence-electron chi connectivity index (χ1n) is 11.3. The lowest BCUT2D eigenvalue weighted by Crippen LogP contribution is -2.42. The monoisotopic (exact) mass is 456 g/mol. The van der Waals surface area contributed by atoms with Crippen molar-refractivity contribution in [3.05, 3.63) is 47.2 Å². The molecule has 4 N–H and O–H groups in total. The van der Waals surface area contributed by atoms with Crippen LogP contribution in [0.15, 0.2) is 30.3 Å². The van der Waals surface area contributed by atoms with Crippen LogP contribution >= 0.6 is 0 Å². The summed E-state index contributed by atoms with van der Waals surface area (Å²) in [5.41, 5.74) is 2.85. The van der Waals surface area contributed by atoms with Crippen LogP contribution in [0.1, 0.15) is 21.6 Å². The number of ether oxygens (including phenoxy) is 1. The number of nitrogens with zero attached hydrogens (tertiary/aromatic N) is 4. The number of amides is 1. The fourth-order valence-corrected chi connectivity index (χ4v) is 3.95. The van der Waals surface area contributed by atoms with Crippen LogP contribution in [0.3, 0.4) is 0 Å². The van der Waals surface area contributed by atoms with Crippen LogP contribution in [0.5, 0.6) is 0 Å². The van der Waals surface area contributed by atoms with E-state index in [0.717, 1.165) is 19.5 Å². The molecule has 2 aromatic rings. The van der Waals surface area contributed by atoms with Gasteiger partial charge in [0.1, 0.15) is 11.5 Å². The van der Waals surface area contributed by atoms with Gasteiger partial charge in [0.2, 0.25) is 5.95 Å². The number of aliphatic hydroxyl groups excluding tert-OH is 2. The SMILES string of the molecule is CN(CCO)c1nc(NC2COC2)cc(C(=O)NC[C@H](O)CN2CCc3ccccc3C2)n1. The Morgan fingerprint density at radius 3 is 2.82 bits per heavy atom. The summed E-state index contributed by atoms with van der Waals surface area (Å²) in [6.45, 7) is 3.75. The van der Waals surface area contributed by atoms with E-state index in [0.29, 0.717) is 38.1 Å². The summed E-state index contributed by atoms with van der Waals surface area (Å²) in [6.07, 6.45) is 0.268. The third kappa shape index (κ3) is 6.17. The van der Waals surface area contributed by atoms with E-state index >= 15 is 0 Å². The van der Waals surface area contributed by atoms with Crippen LogP contribution in [-0.4, -0.2) is 96.2 Å². The van der Waals surface area contributed by atoms with E-state index in [-0.39, 0.29) is 30.8 Å². The van der Waals surface area contributed by atoms with Crippen LogP contribution < -0.4 is 15.5 Å². The fourth-order valence-electron chi connectivity index (χ4n) is 3.95. The molecule has 1 aromatic heterocycles. The third-order valence-corrected chi connectivity index (χ3v) is 5.89. The third-order valence-electron chi connectivity index (χ3n) is 5.89. The Kier molecular flexibility index (Phi) is 7.71. The largest absolute Gasteiger partial charge is 0.395 e. The zero-order chi connectivity index (χ0) is 23.2. The van der Waals surface area contributed by atoms with Crippen LogP contribution in [-0.2, 0) is 17.7 Å². The van der Waals surface area contributed by atoms with Gasteiger partial charge in [-0.1, -0.05) is 24.3 Å². The number of nitrogens with one attached hydrogen (secondary N) is 2. The van der Waals surface area contributed by atoms with E-state index in [1.807, 2.05) is 6.07 Å². The second-order valence-electron chi connectivity index (χ2n) is 8.58. The lowest BCUT2D eigenvalue weighted by atomic mass is 10.00. The minimum Gasteiger partial charge on any atom is -0.395 e. The molecular formula is C23H32N6O4. The molecule has 0 spiro atoms. The lowest BCUT2D eigenvalue weighted by molar-refractivity contribution is 0.0209. The Bertz CT molecular complexity index is 954. The van der Waals surface area contributed by atoms with E-state index in [4.69, 9.17) is 4.74 Å². The maximum Gasteiger partial charge on any atom is 0.270 e. The van der Waals surface area contributed by atoms with E-state index < -0.39 is 6.10 Å². The molecule has 3 heterocycles. The van der Waals surface area contributed by atoms with E-state index in [1.54, 1.807) is 18.0 Å². The zero-order valence-corrected chi connectivity index (χ0v) is 18.9. The van der Waals surface area contributed by atoms with E-state index in [9.17, 15) is 15.0 Å². The molecule has 10 nitrogen and oxygen atoms in total. The minimum absolute atomic E-state index is 0.0529. The normalized spacial score (nSPS) is 17.1. The van der Waals surface area contributed by atoms with Crippen molar-refractivity contribution in [1.29, 1.82) is 0 Å². The van der Waals surface area contributed by atoms with Crippen molar-refractivity contribution in [3.8, 4) is 0 Å². The van der Waals surface area contributed by atoms with Crippen molar-refractivity contribution < 1.29 is 19.7 Å². The molecule has 178 valence electrons. The molecule has 1 aromatic carbocycles. The molecule has 1 atom stereocenters. The van der Waals surface area contributed by atoms with Gasteiger partial charge in [-0.3, -0.25) is 9.69 Å². The summed E-state index contributed by atoms with van der Waals surface area (Å²) in [7, 11) is 1.75. The minimum atomic E-state index is -0.692. The van der Waals surface area contributed by atoms with E-state index in [2.05, 4.69) is 43.7 Å². The van der Waals surface area contributed by atoms with Gasteiger partial charge in [0, 0.05) is 45.8 Å². The standard InChI is InChI=1S/C23H32N6O4/c1-28(8-9-30)23-26-20(10-21(27-23)25-18-14-33-15-18)22(32)24-11-19(31)13-29-7-6-16-4-2-3-5-17(16)12-29/h2-5,10,18-19,30-31H,6-9,11-15H2,1H3,(H,24,32)(H,25,26,27)/t19-/m0/s1. The van der Waals surface area contributed by atoms with Gasteiger partial charge in [-0.15, -0.1) is 0 Å². The molecule has 10 heteroatoms. The highest BCUT2D eigenvalue weighted by molar-refractivity contribution is 5.93. The molecule has 0 bridgehead atoms. The molecule has 2 aliphatic rings. The molecule has 1 saturated heterocycles. The molecular weight excluding hydrogens is 424 g/mol.